The second-order valence-corrected chi connectivity index (χ2v) is 8.11. The van der Waals surface area contributed by atoms with Crippen molar-refractivity contribution in [1.29, 1.82) is 0 Å². The number of carbonyl (C=O) groups is 1. The monoisotopic (exact) mass is 400 g/mol. The Labute approximate surface area is 165 Å². The first-order valence-electron chi connectivity index (χ1n) is 9.16. The molecule has 0 bridgehead atoms. The van der Waals surface area contributed by atoms with Gasteiger partial charge in [-0.05, 0) is 47.2 Å². The highest BCUT2D eigenvalue weighted by atomic mass is 32.2. The highest BCUT2D eigenvalue weighted by Gasteiger charge is 2.28. The highest BCUT2D eigenvalue weighted by Crippen LogP contribution is 2.25. The van der Waals surface area contributed by atoms with E-state index in [1.54, 1.807) is 25.3 Å². The second-order valence-electron chi connectivity index (χ2n) is 6.58. The van der Waals surface area contributed by atoms with Crippen LogP contribution in [0.15, 0.2) is 53.9 Å². The molecule has 1 heterocycles. The smallest absolute Gasteiger partial charge is 0.257 e. The molecule has 0 radical (unpaired) electrons. The number of fused-ring (bicyclic) bond motifs is 1. The van der Waals surface area contributed by atoms with Gasteiger partial charge in [-0.1, -0.05) is 43.3 Å². The first-order chi connectivity index (χ1) is 13.4. The van der Waals surface area contributed by atoms with Gasteiger partial charge in [0, 0.05) is 6.54 Å². The van der Waals surface area contributed by atoms with Crippen molar-refractivity contribution in [2.45, 2.75) is 25.8 Å². The van der Waals surface area contributed by atoms with Crippen molar-refractivity contribution in [1.82, 2.24) is 10.0 Å². The van der Waals surface area contributed by atoms with Crippen LogP contribution in [0.3, 0.4) is 0 Å². The number of methoxy groups -OCH3 is 1. The average Bonchev–Trinajstić information content (AvgIpc) is 2.71. The quantitative estimate of drug-likeness (QED) is 0.779. The number of hydrogen-bond acceptors (Lipinski definition) is 5. The summed E-state index contributed by atoms with van der Waals surface area (Å²) in [7, 11) is -2.40. The molecule has 1 aliphatic heterocycles. The van der Waals surface area contributed by atoms with E-state index < -0.39 is 22.0 Å². The first-order valence-corrected chi connectivity index (χ1v) is 10.7. The van der Waals surface area contributed by atoms with Gasteiger partial charge < -0.3 is 10.1 Å². The van der Waals surface area contributed by atoms with Crippen LogP contribution in [0.1, 0.15) is 36.1 Å². The number of nitrogens with one attached hydrogen (secondary N) is 2. The van der Waals surface area contributed by atoms with Gasteiger partial charge in [-0.2, -0.15) is 0 Å². The van der Waals surface area contributed by atoms with Crippen LogP contribution >= 0.6 is 0 Å². The predicted molar refractivity (Wildman–Crippen MR) is 109 cm³/mol. The summed E-state index contributed by atoms with van der Waals surface area (Å²) < 4.78 is 32.6. The molecular weight excluding hydrogens is 376 g/mol. The molecule has 2 aromatic carbocycles. The van der Waals surface area contributed by atoms with E-state index in [2.05, 4.69) is 10.0 Å². The summed E-state index contributed by atoms with van der Waals surface area (Å²) in [6.07, 6.45) is 1.30. The summed E-state index contributed by atoms with van der Waals surface area (Å²) in [5, 5.41) is 4.22. The van der Waals surface area contributed by atoms with Crippen LogP contribution in [0, 0.1) is 0 Å². The molecule has 1 amide bonds. The molecule has 0 saturated carbocycles. The number of allylic oxidation sites excluding steroid dienone is 1. The topological polar surface area (TPSA) is 84.5 Å². The lowest BCUT2D eigenvalue weighted by atomic mass is 9.94. The van der Waals surface area contributed by atoms with E-state index in [4.69, 9.17) is 4.74 Å². The van der Waals surface area contributed by atoms with E-state index in [-0.39, 0.29) is 0 Å². The normalized spacial score (nSPS) is 16.9. The van der Waals surface area contributed by atoms with Gasteiger partial charge in [-0.15, -0.1) is 0 Å². The summed E-state index contributed by atoms with van der Waals surface area (Å²) >= 11 is 0. The molecule has 0 aromatic heterocycles. The zero-order valence-corrected chi connectivity index (χ0v) is 16.8. The molecule has 1 unspecified atom stereocenters. The summed E-state index contributed by atoms with van der Waals surface area (Å²) in [5.41, 5.74) is 3.20. The minimum absolute atomic E-state index is 0.493. The third kappa shape index (κ3) is 4.61. The van der Waals surface area contributed by atoms with Gasteiger partial charge in [0.05, 0.1) is 12.5 Å². The number of sulfonamides is 1. The van der Waals surface area contributed by atoms with Gasteiger partial charge in [0.25, 0.3) is 15.9 Å². The van der Waals surface area contributed by atoms with Crippen molar-refractivity contribution in [3.8, 4) is 5.75 Å². The molecule has 7 heteroatoms. The second kappa shape index (κ2) is 8.58. The Bertz CT molecular complexity index is 999. The van der Waals surface area contributed by atoms with Crippen LogP contribution < -0.4 is 14.8 Å². The van der Waals surface area contributed by atoms with Crippen molar-refractivity contribution in [3.63, 3.8) is 0 Å². The van der Waals surface area contributed by atoms with Gasteiger partial charge in [0.1, 0.15) is 11.8 Å². The number of rotatable bonds is 6. The third-order valence-electron chi connectivity index (χ3n) is 4.73. The summed E-state index contributed by atoms with van der Waals surface area (Å²) in [5.74, 6) is 0.0609. The van der Waals surface area contributed by atoms with Gasteiger partial charge in [-0.3, -0.25) is 4.79 Å². The Morgan fingerprint density at radius 2 is 2.04 bits per heavy atom. The Balaban J connectivity index is 1.83. The fourth-order valence-electron chi connectivity index (χ4n) is 3.33. The molecule has 0 fully saturated rings. The summed E-state index contributed by atoms with van der Waals surface area (Å²) in [6, 6.07) is 14.1. The van der Waals surface area contributed by atoms with Crippen molar-refractivity contribution >= 4 is 21.5 Å². The Morgan fingerprint density at radius 3 is 2.79 bits per heavy atom. The van der Waals surface area contributed by atoms with Crippen LogP contribution in [0.4, 0.5) is 0 Å². The highest BCUT2D eigenvalue weighted by molar-refractivity contribution is 7.93. The maximum Gasteiger partial charge on any atom is 0.257 e. The van der Waals surface area contributed by atoms with E-state index in [1.807, 2.05) is 37.3 Å². The van der Waals surface area contributed by atoms with Crippen molar-refractivity contribution in [2.24, 2.45) is 0 Å². The minimum Gasteiger partial charge on any atom is -0.497 e. The molecule has 1 atom stereocenters. The van der Waals surface area contributed by atoms with Crippen LogP contribution in [0.2, 0.25) is 0 Å². The lowest BCUT2D eigenvalue weighted by molar-refractivity contribution is -0.121. The maximum absolute atomic E-state index is 12.7. The van der Waals surface area contributed by atoms with Gasteiger partial charge >= 0.3 is 0 Å². The number of carbonyl (C=O) groups excluding carboxylic acids is 1. The predicted octanol–water partition coefficient (Wildman–Crippen LogP) is 2.78. The molecular formula is C21H24N2O4S. The molecule has 0 spiro atoms. The fraction of sp³-hybridized carbons (Fsp3) is 0.286. The van der Waals surface area contributed by atoms with Crippen LogP contribution in [0.5, 0.6) is 5.75 Å². The largest absolute Gasteiger partial charge is 0.497 e. The first kappa shape index (κ1) is 20.1. The number of ether oxygens (including phenoxy) is 1. The van der Waals surface area contributed by atoms with Crippen molar-refractivity contribution < 1.29 is 17.9 Å². The lowest BCUT2D eigenvalue weighted by Crippen LogP contribution is -2.43. The Morgan fingerprint density at radius 1 is 1.25 bits per heavy atom. The van der Waals surface area contributed by atoms with E-state index in [9.17, 15) is 13.2 Å². The van der Waals surface area contributed by atoms with Crippen LogP contribution in [0.25, 0.3) is 5.57 Å². The van der Waals surface area contributed by atoms with Crippen molar-refractivity contribution in [3.05, 3.63) is 70.6 Å². The van der Waals surface area contributed by atoms with Gasteiger partial charge in [0.2, 0.25) is 0 Å². The Kier molecular flexibility index (Phi) is 6.16. The summed E-state index contributed by atoms with van der Waals surface area (Å²) in [4.78, 5) is 12.7. The van der Waals surface area contributed by atoms with E-state index >= 15 is 0 Å². The molecule has 1 aliphatic rings. The summed E-state index contributed by atoms with van der Waals surface area (Å²) in [6.45, 7) is 2.48. The van der Waals surface area contributed by atoms with E-state index in [0.717, 1.165) is 28.5 Å². The Hall–Kier alpha value is -2.64. The van der Waals surface area contributed by atoms with Gasteiger partial charge in [-0.25, -0.2) is 13.1 Å². The average molecular weight is 401 g/mol. The molecule has 3 rings (SSSR count). The van der Waals surface area contributed by atoms with Crippen LogP contribution in [-0.4, -0.2) is 28.0 Å². The SMILES string of the molecule is CCC(=CS(=O)(=O)NC(=O)C1NCCc2ccccc21)c1cccc(OC)c1. The molecule has 2 aromatic rings. The number of hydrogen-bond donors (Lipinski definition) is 2. The molecule has 0 aliphatic carbocycles. The number of amides is 1. The zero-order valence-electron chi connectivity index (χ0n) is 15.9. The van der Waals surface area contributed by atoms with Crippen LogP contribution in [-0.2, 0) is 21.2 Å². The lowest BCUT2D eigenvalue weighted by Gasteiger charge is -2.25. The molecule has 148 valence electrons. The minimum atomic E-state index is -3.95. The third-order valence-corrected chi connectivity index (χ3v) is 5.81. The zero-order chi connectivity index (χ0) is 20.1. The van der Waals surface area contributed by atoms with Gasteiger partial charge in [0.15, 0.2) is 0 Å². The van der Waals surface area contributed by atoms with E-state index in [1.165, 1.54) is 0 Å². The number of benzene rings is 2. The van der Waals surface area contributed by atoms with Crippen molar-refractivity contribution in [2.75, 3.05) is 13.7 Å². The maximum atomic E-state index is 12.7. The molecule has 0 saturated heterocycles. The van der Waals surface area contributed by atoms with E-state index in [0.29, 0.717) is 24.3 Å². The molecule has 6 nitrogen and oxygen atoms in total. The molecule has 28 heavy (non-hydrogen) atoms. The fourth-order valence-corrected chi connectivity index (χ4v) is 4.47. The molecule has 2 N–H and O–H groups in total. The standard InChI is InChI=1S/C21H24N2O4S/c1-3-15(17-8-6-9-18(13-17)27-2)14-28(25,26)23-21(24)20-19-10-5-4-7-16(19)11-12-22-20/h4-10,13-14,20,22H,3,11-12H2,1-2H3,(H,23,24).